The lowest BCUT2D eigenvalue weighted by Gasteiger charge is -2.19. The van der Waals surface area contributed by atoms with Gasteiger partial charge in [0, 0.05) is 85.7 Å². The summed E-state index contributed by atoms with van der Waals surface area (Å²) in [6, 6.07) is 13.7. The number of nitrogens with two attached hydrogens (primary N) is 1. The standard InChI is InChI=1S/C60H74ClF2N11O16S2/c1-81-13-14-84-17-18-86-21-22-88-24-23-87-20-19-85-16-15-83-12-11-67-57(79)52(73-54(76)8-7-53(75)70-34-44-29-48(49(61)35-69-44)56(78)71-36-55(77)74-39-60(62,63)30-45(74)31-64)38-92-91-26-25-89-59(80)90-37-43-5-3-41(32-68-43)46-9-10-66-51-6-4-40(27-47(46)51)42-28-50(65)58(82-2)72-33-42/h3-6,9-10,27-29,32-33,35,45,52H,7-8,11-26,30,34,36-39,65H2,1-2H3,(H,67,79)(H,70,75)(H,71,78)(H,73,76)/t45-,52?/m0/s1. The summed E-state index contributed by atoms with van der Waals surface area (Å²) < 4.78 is 81.3. The number of pyridine rings is 4. The van der Waals surface area contributed by atoms with Gasteiger partial charge in [0.1, 0.15) is 25.3 Å². The second-order valence-electron chi connectivity index (χ2n) is 19.9. The molecule has 6 rings (SSSR count). The third-order valence-electron chi connectivity index (χ3n) is 13.2. The number of nitriles is 1. The van der Waals surface area contributed by atoms with Gasteiger partial charge in [-0.1, -0.05) is 45.3 Å². The van der Waals surface area contributed by atoms with Gasteiger partial charge in [0.05, 0.1) is 152 Å². The molecule has 32 heteroatoms. The summed E-state index contributed by atoms with van der Waals surface area (Å²) in [4.78, 5) is 95.8. The molecule has 0 spiro atoms. The number of nitrogen functional groups attached to an aromatic ring is 1. The molecule has 5 aromatic rings. The molecule has 0 saturated carbocycles. The highest BCUT2D eigenvalue weighted by Gasteiger charge is 2.47. The quantitative estimate of drug-likeness (QED) is 0.0196. The summed E-state index contributed by atoms with van der Waals surface area (Å²) in [6.07, 6.45) is 3.88. The number of carbonyl (C=O) groups is 6. The van der Waals surface area contributed by atoms with E-state index in [0.29, 0.717) is 94.0 Å². The number of ether oxygens (including phenoxy) is 10. The number of hydrogen-bond acceptors (Lipinski definition) is 24. The molecule has 1 aromatic carbocycles. The number of alkyl halides is 2. The van der Waals surface area contributed by atoms with E-state index in [1.54, 1.807) is 43.9 Å². The SMILES string of the molecule is COCCOCCOCCOCCOCCOCCOCCNC(=O)C(CSSCCOC(=O)OCc1ccc(-c2ccnc3ccc(-c4cnc(OC)c(N)c4)cc23)cn1)NC(=O)CCC(=O)NCc1cc(C(=O)NCC(=O)N2CC(F)(F)C[C@H]2C#N)c(Cl)cn1. The first kappa shape index (κ1) is 73.4. The van der Waals surface area contributed by atoms with Gasteiger partial charge in [0.2, 0.25) is 29.5 Å². The van der Waals surface area contributed by atoms with E-state index >= 15 is 0 Å². The highest BCUT2D eigenvalue weighted by atomic mass is 35.5. The molecule has 0 aliphatic carbocycles. The van der Waals surface area contributed by atoms with Crippen molar-refractivity contribution < 1.29 is 84.9 Å². The number of fused-ring (bicyclic) bond motifs is 1. The Bertz CT molecular complexity index is 3240. The molecular weight excluding hydrogens is 1270 g/mol. The molecule has 498 valence electrons. The van der Waals surface area contributed by atoms with Crippen LogP contribution in [-0.2, 0) is 75.0 Å². The first-order valence-electron chi connectivity index (χ1n) is 29.0. The fourth-order valence-electron chi connectivity index (χ4n) is 8.52. The summed E-state index contributed by atoms with van der Waals surface area (Å²) in [7, 11) is 5.62. The van der Waals surface area contributed by atoms with E-state index in [4.69, 9.17) is 64.7 Å². The molecule has 5 heterocycles. The number of rotatable bonds is 42. The molecule has 27 nitrogen and oxygen atoms in total. The van der Waals surface area contributed by atoms with Crippen molar-refractivity contribution in [2.75, 3.05) is 144 Å². The van der Waals surface area contributed by atoms with Crippen LogP contribution in [0.4, 0.5) is 19.3 Å². The maximum absolute atomic E-state index is 13.9. The normalized spacial score (nSPS) is 13.7. The van der Waals surface area contributed by atoms with Crippen LogP contribution >= 0.6 is 33.2 Å². The summed E-state index contributed by atoms with van der Waals surface area (Å²) in [5.74, 6) is -5.95. The van der Waals surface area contributed by atoms with Crippen LogP contribution in [0.3, 0.4) is 0 Å². The molecule has 1 fully saturated rings. The fraction of sp³-hybridized carbons (Fsp3) is 0.483. The number of aromatic nitrogens is 4. The van der Waals surface area contributed by atoms with E-state index in [0.717, 1.165) is 39.4 Å². The number of anilines is 1. The van der Waals surface area contributed by atoms with Crippen molar-refractivity contribution in [1.82, 2.24) is 46.1 Å². The van der Waals surface area contributed by atoms with Gasteiger partial charge in [-0.25, -0.2) is 18.6 Å². The third kappa shape index (κ3) is 25.8. The minimum absolute atomic E-state index is 0.0407. The topological polar surface area (TPSA) is 347 Å². The Hall–Kier alpha value is -7.64. The molecule has 6 N–H and O–H groups in total. The zero-order valence-corrected chi connectivity index (χ0v) is 53.2. The van der Waals surface area contributed by atoms with E-state index in [-0.39, 0.29) is 81.0 Å². The Labute approximate surface area is 542 Å². The number of carbonyl (C=O) groups excluding carboxylic acids is 6. The molecule has 2 atom stereocenters. The second kappa shape index (κ2) is 40.4. The van der Waals surface area contributed by atoms with E-state index in [1.807, 2.05) is 30.3 Å². The van der Waals surface area contributed by atoms with Crippen LogP contribution in [0, 0.1) is 11.3 Å². The van der Waals surface area contributed by atoms with E-state index in [2.05, 4.69) is 41.2 Å². The Balaban J connectivity index is 0.898. The van der Waals surface area contributed by atoms with E-state index < -0.39 is 73.2 Å². The number of hydrogen-bond donors (Lipinski definition) is 5. The maximum atomic E-state index is 13.9. The van der Waals surface area contributed by atoms with Crippen molar-refractivity contribution in [3.05, 3.63) is 95.3 Å². The van der Waals surface area contributed by atoms with E-state index in [1.165, 1.54) is 34.8 Å². The van der Waals surface area contributed by atoms with Crippen LogP contribution < -0.4 is 31.7 Å². The van der Waals surface area contributed by atoms with Crippen LogP contribution in [0.1, 0.15) is 41.0 Å². The smallest absolute Gasteiger partial charge is 0.480 e. The van der Waals surface area contributed by atoms with Crippen molar-refractivity contribution in [1.29, 1.82) is 5.26 Å². The lowest BCUT2D eigenvalue weighted by molar-refractivity contribution is -0.131. The molecule has 92 heavy (non-hydrogen) atoms. The highest BCUT2D eigenvalue weighted by Crippen LogP contribution is 2.34. The Morgan fingerprint density at radius 3 is 2.03 bits per heavy atom. The van der Waals surface area contributed by atoms with Gasteiger partial charge in [-0.3, -0.25) is 38.9 Å². The Kier molecular flexibility index (Phi) is 32.2. The van der Waals surface area contributed by atoms with Crippen molar-refractivity contribution in [2.45, 2.75) is 50.4 Å². The maximum Gasteiger partial charge on any atom is 0.508 e. The number of methoxy groups -OCH3 is 2. The predicted molar refractivity (Wildman–Crippen MR) is 335 cm³/mol. The zero-order valence-electron chi connectivity index (χ0n) is 50.8. The van der Waals surface area contributed by atoms with Crippen LogP contribution in [0.15, 0.2) is 73.3 Å². The molecule has 1 saturated heterocycles. The van der Waals surface area contributed by atoms with Crippen LogP contribution in [0.2, 0.25) is 5.02 Å². The molecule has 1 aliphatic rings. The lowest BCUT2D eigenvalue weighted by Crippen LogP contribution is -2.49. The fourth-order valence-corrected chi connectivity index (χ4v) is 10.7. The minimum atomic E-state index is -3.24. The van der Waals surface area contributed by atoms with Crippen LogP contribution in [0.5, 0.6) is 5.88 Å². The lowest BCUT2D eigenvalue weighted by atomic mass is 9.98. The van der Waals surface area contributed by atoms with Crippen molar-refractivity contribution >= 4 is 85.5 Å². The van der Waals surface area contributed by atoms with Gasteiger partial charge in [-0.05, 0) is 47.5 Å². The van der Waals surface area contributed by atoms with Gasteiger partial charge in [-0.15, -0.1) is 0 Å². The second-order valence-corrected chi connectivity index (χ2v) is 22.9. The van der Waals surface area contributed by atoms with Crippen LogP contribution in [0.25, 0.3) is 33.2 Å². The van der Waals surface area contributed by atoms with Crippen molar-refractivity contribution in [3.63, 3.8) is 0 Å². The third-order valence-corrected chi connectivity index (χ3v) is 15.8. The number of amides is 5. The molecule has 1 unspecified atom stereocenters. The zero-order chi connectivity index (χ0) is 65.9. The van der Waals surface area contributed by atoms with Crippen molar-refractivity contribution in [2.24, 2.45) is 0 Å². The van der Waals surface area contributed by atoms with Crippen LogP contribution in [-0.4, -0.2) is 216 Å². The average Bonchev–Trinajstić information content (AvgIpc) is 0.922. The van der Waals surface area contributed by atoms with Gasteiger partial charge in [0.15, 0.2) is 0 Å². The largest absolute Gasteiger partial charge is 0.508 e. The molecular formula is C60H74ClF2N11O16S2. The average molecular weight is 1340 g/mol. The molecule has 4 aromatic heterocycles. The van der Waals surface area contributed by atoms with Gasteiger partial charge >= 0.3 is 6.16 Å². The first-order chi connectivity index (χ1) is 44.6. The summed E-state index contributed by atoms with van der Waals surface area (Å²) in [6.45, 7) is 3.10. The monoisotopic (exact) mass is 1340 g/mol. The number of benzene rings is 1. The predicted octanol–water partition coefficient (Wildman–Crippen LogP) is 4.97. The summed E-state index contributed by atoms with van der Waals surface area (Å²) in [5.41, 5.74) is 11.2. The minimum Gasteiger partial charge on any atom is -0.480 e. The van der Waals surface area contributed by atoms with E-state index in [9.17, 15) is 42.8 Å². The van der Waals surface area contributed by atoms with Gasteiger partial charge in [-0.2, -0.15) is 5.26 Å². The van der Waals surface area contributed by atoms with Gasteiger partial charge in [0.25, 0.3) is 11.8 Å². The van der Waals surface area contributed by atoms with Gasteiger partial charge < -0.3 is 79.3 Å². The van der Waals surface area contributed by atoms with Crippen molar-refractivity contribution in [3.8, 4) is 34.2 Å². The number of likely N-dealkylation sites (tertiary alicyclic amines) is 1. The molecule has 1 aliphatic heterocycles. The first-order valence-corrected chi connectivity index (χ1v) is 31.9. The molecule has 0 bridgehead atoms. The Morgan fingerprint density at radius 2 is 1.38 bits per heavy atom. The summed E-state index contributed by atoms with van der Waals surface area (Å²) >= 11 is 6.19. The molecule has 0 radical (unpaired) electrons. The highest BCUT2D eigenvalue weighted by molar-refractivity contribution is 8.76. The number of nitrogens with zero attached hydrogens (tertiary/aromatic N) is 6. The Morgan fingerprint density at radius 1 is 0.728 bits per heavy atom. The number of halogens is 3. The molecule has 5 amide bonds. The summed E-state index contributed by atoms with van der Waals surface area (Å²) in [5, 5.41) is 20.3. The number of nitrogens with one attached hydrogen (secondary N) is 4.